The number of carbonyl (C=O) groups excluding carboxylic acids is 1. The first-order valence-electron chi connectivity index (χ1n) is 14.7. The predicted molar refractivity (Wildman–Crippen MR) is 177 cm³/mol. The minimum Gasteiger partial charge on any atom is -0.489 e. The molecule has 242 valence electrons. The first-order chi connectivity index (χ1) is 22.6. The van der Waals surface area contributed by atoms with E-state index in [1.807, 2.05) is 6.07 Å². The molecule has 47 heavy (non-hydrogen) atoms. The highest BCUT2D eigenvalue weighted by atomic mass is 35.5. The van der Waals surface area contributed by atoms with Gasteiger partial charge in [-0.25, -0.2) is 13.1 Å². The van der Waals surface area contributed by atoms with Crippen LogP contribution < -0.4 is 9.46 Å². The van der Waals surface area contributed by atoms with Gasteiger partial charge in [0.1, 0.15) is 30.4 Å². The Morgan fingerprint density at radius 2 is 1.74 bits per heavy atom. The molecule has 2 saturated carbocycles. The van der Waals surface area contributed by atoms with Gasteiger partial charge in [0.05, 0.1) is 43.2 Å². The molecular formula is C33H27Cl3N4O6S. The maximum absolute atomic E-state index is 12.8. The number of ether oxygens (including phenoxy) is 1. The molecule has 0 atom stereocenters. The van der Waals surface area contributed by atoms with Gasteiger partial charge in [-0.2, -0.15) is 5.26 Å². The van der Waals surface area contributed by atoms with E-state index in [9.17, 15) is 18.5 Å². The van der Waals surface area contributed by atoms with Gasteiger partial charge in [-0.15, -0.1) is 0 Å². The van der Waals surface area contributed by atoms with Crippen LogP contribution in [0.3, 0.4) is 0 Å². The summed E-state index contributed by atoms with van der Waals surface area (Å²) in [6, 6.07) is 16.7. The van der Waals surface area contributed by atoms with Crippen LogP contribution in [0.2, 0.25) is 15.1 Å². The molecule has 2 fully saturated rings. The second kappa shape index (κ2) is 13.6. The summed E-state index contributed by atoms with van der Waals surface area (Å²) in [5.41, 5.74) is 3.55. The number of aromatic nitrogens is 1. The molecule has 0 aliphatic heterocycles. The Bertz CT molecular complexity index is 2030. The van der Waals surface area contributed by atoms with Crippen molar-refractivity contribution in [2.45, 2.75) is 57.0 Å². The van der Waals surface area contributed by atoms with Crippen LogP contribution in [0.4, 0.5) is 0 Å². The lowest BCUT2D eigenvalue weighted by Crippen LogP contribution is -2.33. The van der Waals surface area contributed by atoms with E-state index in [2.05, 4.69) is 15.0 Å². The number of benzene rings is 3. The molecule has 0 radical (unpaired) electrons. The van der Waals surface area contributed by atoms with E-state index < -0.39 is 21.2 Å². The number of oxime groups is 1. The number of nitrogens with zero attached hydrogens (tertiary/aromatic N) is 3. The number of rotatable bonds is 12. The number of nitriles is 1. The van der Waals surface area contributed by atoms with E-state index in [4.69, 9.17) is 48.9 Å². The van der Waals surface area contributed by atoms with Gasteiger partial charge in [-0.05, 0) is 81.1 Å². The molecule has 0 spiro atoms. The fourth-order valence-corrected chi connectivity index (χ4v) is 7.16. The first kappa shape index (κ1) is 32.8. The Balaban J connectivity index is 1.15. The Morgan fingerprint density at radius 3 is 2.40 bits per heavy atom. The number of sulfonamides is 1. The molecule has 0 saturated heterocycles. The van der Waals surface area contributed by atoms with Crippen molar-refractivity contribution >= 4 is 56.4 Å². The topological polar surface area (TPSA) is 144 Å². The summed E-state index contributed by atoms with van der Waals surface area (Å²) in [5, 5.41) is 18.5. The van der Waals surface area contributed by atoms with Crippen LogP contribution >= 0.6 is 34.8 Å². The van der Waals surface area contributed by atoms with Gasteiger partial charge < -0.3 is 14.1 Å². The van der Waals surface area contributed by atoms with E-state index in [0.717, 1.165) is 24.2 Å². The average Bonchev–Trinajstić information content (AvgIpc) is 3.97. The Hall–Kier alpha value is -4.08. The van der Waals surface area contributed by atoms with Crippen molar-refractivity contribution in [3.63, 3.8) is 0 Å². The Labute approximate surface area is 286 Å². The monoisotopic (exact) mass is 712 g/mol. The molecule has 10 nitrogen and oxygen atoms in total. The normalized spacial score (nSPS) is 14.8. The van der Waals surface area contributed by atoms with Gasteiger partial charge in [0, 0.05) is 28.2 Å². The predicted octanol–water partition coefficient (Wildman–Crippen LogP) is 7.79. The summed E-state index contributed by atoms with van der Waals surface area (Å²) >= 11 is 19.5. The smallest absolute Gasteiger partial charge is 0.265 e. The van der Waals surface area contributed by atoms with Crippen molar-refractivity contribution in [1.29, 1.82) is 5.26 Å². The third-order valence-electron chi connectivity index (χ3n) is 7.78. The SMILES string of the molecule is CC(=NOCc1cc(C#N)ccc1C(=O)NS(=O)(=O)C1CC1)c1ccc(OCc2c(-c3c(Cl)cccc3Cl)noc2C2CC2)cc1Cl. The van der Waals surface area contributed by atoms with E-state index in [-0.39, 0.29) is 30.3 Å². The van der Waals surface area contributed by atoms with Crippen molar-refractivity contribution in [2.75, 3.05) is 0 Å². The maximum atomic E-state index is 12.8. The summed E-state index contributed by atoms with van der Waals surface area (Å²) in [6.45, 7) is 1.65. The zero-order valence-electron chi connectivity index (χ0n) is 24.9. The molecule has 6 rings (SSSR count). The van der Waals surface area contributed by atoms with Crippen molar-refractivity contribution in [1.82, 2.24) is 9.88 Å². The second-order valence-electron chi connectivity index (χ2n) is 11.3. The molecule has 4 aromatic rings. The third-order valence-corrected chi connectivity index (χ3v) is 10.5. The Morgan fingerprint density at radius 1 is 1.02 bits per heavy atom. The van der Waals surface area contributed by atoms with Crippen molar-refractivity contribution in [3.05, 3.63) is 103 Å². The number of hydrogen-bond donors (Lipinski definition) is 1. The fraction of sp³-hybridized carbons (Fsp3) is 0.273. The van der Waals surface area contributed by atoms with E-state index in [0.29, 0.717) is 61.8 Å². The van der Waals surface area contributed by atoms with E-state index in [1.165, 1.54) is 18.2 Å². The highest BCUT2D eigenvalue weighted by Crippen LogP contribution is 2.46. The number of halogens is 3. The molecule has 14 heteroatoms. The lowest BCUT2D eigenvalue weighted by atomic mass is 10.0. The van der Waals surface area contributed by atoms with Crippen LogP contribution in [0.25, 0.3) is 11.3 Å². The van der Waals surface area contributed by atoms with Crippen molar-refractivity contribution in [2.24, 2.45) is 5.16 Å². The minimum absolute atomic E-state index is 0.0678. The van der Waals surface area contributed by atoms with Crippen LogP contribution in [0.15, 0.2) is 64.3 Å². The van der Waals surface area contributed by atoms with Crippen molar-refractivity contribution < 1.29 is 27.3 Å². The molecular weight excluding hydrogens is 687 g/mol. The summed E-state index contributed by atoms with van der Waals surface area (Å²) in [7, 11) is -3.76. The van der Waals surface area contributed by atoms with Crippen LogP contribution in [0.1, 0.15) is 76.9 Å². The van der Waals surface area contributed by atoms with Crippen LogP contribution in [0, 0.1) is 11.3 Å². The largest absolute Gasteiger partial charge is 0.489 e. The van der Waals surface area contributed by atoms with E-state index in [1.54, 1.807) is 43.3 Å². The number of nitrogens with one attached hydrogen (secondary N) is 1. The third kappa shape index (κ3) is 7.41. The molecule has 1 aromatic heterocycles. The molecule has 2 aliphatic rings. The number of amides is 1. The molecule has 0 unspecified atom stereocenters. The lowest BCUT2D eigenvalue weighted by Gasteiger charge is -2.12. The Kier molecular flexibility index (Phi) is 9.48. The van der Waals surface area contributed by atoms with Gasteiger partial charge in [0.2, 0.25) is 10.0 Å². The van der Waals surface area contributed by atoms with Crippen LogP contribution in [-0.2, 0) is 28.1 Å². The van der Waals surface area contributed by atoms with Gasteiger partial charge in [0.25, 0.3) is 5.91 Å². The quantitative estimate of drug-likeness (QED) is 0.116. The number of carbonyl (C=O) groups is 1. The molecule has 3 aromatic carbocycles. The lowest BCUT2D eigenvalue weighted by molar-refractivity contribution is 0.0970. The van der Waals surface area contributed by atoms with Crippen LogP contribution in [0.5, 0.6) is 5.75 Å². The minimum atomic E-state index is -3.76. The molecule has 2 aliphatic carbocycles. The summed E-state index contributed by atoms with van der Waals surface area (Å²) in [5.74, 6) is 0.725. The van der Waals surface area contributed by atoms with Gasteiger partial charge in [0.15, 0.2) is 0 Å². The zero-order valence-corrected chi connectivity index (χ0v) is 28.0. The molecule has 0 bridgehead atoms. The maximum Gasteiger partial charge on any atom is 0.265 e. The highest BCUT2D eigenvalue weighted by Gasteiger charge is 2.37. The molecule has 1 heterocycles. The van der Waals surface area contributed by atoms with Crippen molar-refractivity contribution in [3.8, 4) is 23.1 Å². The zero-order chi connectivity index (χ0) is 33.3. The van der Waals surface area contributed by atoms with Gasteiger partial charge >= 0.3 is 0 Å². The standard InChI is InChI=1S/C33H27Cl3N4O6S/c1-18(38-45-16-21-13-19(15-37)5-11-25(21)33(41)40-47(42,43)23-9-10-23)24-12-8-22(14-29(24)36)44-17-26-31(39-46-32(26)20-6-7-20)30-27(34)3-2-4-28(30)35/h2-5,8,11-14,20,23H,6-7,9-10,16-17H2,1H3,(H,40,41). The molecule has 1 amide bonds. The van der Waals surface area contributed by atoms with Gasteiger partial charge in [-0.1, -0.05) is 51.2 Å². The summed E-state index contributed by atoms with van der Waals surface area (Å²) in [6.07, 6.45) is 3.02. The first-order valence-corrected chi connectivity index (χ1v) is 17.3. The fourth-order valence-electron chi connectivity index (χ4n) is 4.98. The molecule has 1 N–H and O–H groups in total. The van der Waals surface area contributed by atoms with Crippen LogP contribution in [-0.4, -0.2) is 30.4 Å². The second-order valence-corrected chi connectivity index (χ2v) is 14.5. The van der Waals surface area contributed by atoms with Gasteiger partial charge in [-0.3, -0.25) is 4.79 Å². The summed E-state index contributed by atoms with van der Waals surface area (Å²) < 4.78 is 38.5. The highest BCUT2D eigenvalue weighted by molar-refractivity contribution is 7.91. The number of hydrogen-bond acceptors (Lipinski definition) is 9. The average molecular weight is 714 g/mol. The van der Waals surface area contributed by atoms with E-state index >= 15 is 0 Å². The summed E-state index contributed by atoms with van der Waals surface area (Å²) in [4.78, 5) is 18.3.